The van der Waals surface area contributed by atoms with E-state index in [1.807, 2.05) is 26.8 Å². The van der Waals surface area contributed by atoms with Crippen LogP contribution in [-0.4, -0.2) is 27.7 Å². The van der Waals surface area contributed by atoms with Crippen LogP contribution < -0.4 is 5.32 Å². The molecule has 78 valence electrons. The van der Waals surface area contributed by atoms with Crippen molar-refractivity contribution in [3.63, 3.8) is 0 Å². The predicted octanol–water partition coefficient (Wildman–Crippen LogP) is 1.28. The Balaban J connectivity index is 2.75. The summed E-state index contributed by atoms with van der Waals surface area (Å²) in [6.07, 6.45) is 0.874. The maximum absolute atomic E-state index is 9.02. The van der Waals surface area contributed by atoms with Gasteiger partial charge in [-0.25, -0.2) is 9.97 Å². The molecular formula is C10H17N3O. The Morgan fingerprint density at radius 1 is 1.43 bits per heavy atom. The highest BCUT2D eigenvalue weighted by Crippen LogP contribution is 2.08. The summed E-state index contributed by atoms with van der Waals surface area (Å²) in [7, 11) is 0. The maximum atomic E-state index is 9.02. The van der Waals surface area contributed by atoms with Gasteiger partial charge in [0.15, 0.2) is 0 Å². The number of hydrogen-bond acceptors (Lipinski definition) is 4. The molecule has 0 saturated carbocycles. The number of aryl methyl sites for hydroxylation is 2. The third-order valence-electron chi connectivity index (χ3n) is 2.03. The molecule has 4 heteroatoms. The molecule has 0 fully saturated rings. The molecule has 2 N–H and O–H groups in total. The van der Waals surface area contributed by atoms with E-state index in [0.717, 1.165) is 23.8 Å². The molecule has 0 bridgehead atoms. The van der Waals surface area contributed by atoms with Gasteiger partial charge >= 0.3 is 0 Å². The fraction of sp³-hybridized carbons (Fsp3) is 0.600. The van der Waals surface area contributed by atoms with Crippen LogP contribution in [0.25, 0.3) is 0 Å². The first-order valence-electron chi connectivity index (χ1n) is 4.85. The van der Waals surface area contributed by atoms with E-state index in [0.29, 0.717) is 0 Å². The van der Waals surface area contributed by atoms with E-state index in [2.05, 4.69) is 15.3 Å². The third-order valence-corrected chi connectivity index (χ3v) is 2.03. The highest BCUT2D eigenvalue weighted by Gasteiger charge is 2.05. The lowest BCUT2D eigenvalue weighted by Crippen LogP contribution is -2.23. The van der Waals surface area contributed by atoms with Gasteiger partial charge in [-0.2, -0.15) is 0 Å². The first kappa shape index (κ1) is 10.9. The number of nitrogens with one attached hydrogen (secondary N) is 1. The van der Waals surface area contributed by atoms with Gasteiger partial charge in [0, 0.05) is 11.8 Å². The van der Waals surface area contributed by atoms with Gasteiger partial charge in [0.25, 0.3) is 0 Å². The molecule has 0 radical (unpaired) electrons. The van der Waals surface area contributed by atoms with E-state index in [1.54, 1.807) is 0 Å². The van der Waals surface area contributed by atoms with Crippen molar-refractivity contribution in [2.45, 2.75) is 33.2 Å². The van der Waals surface area contributed by atoms with Crippen LogP contribution in [0.5, 0.6) is 0 Å². The maximum Gasteiger partial charge on any atom is 0.130 e. The average Bonchev–Trinajstić information content (AvgIpc) is 2.12. The first-order valence-corrected chi connectivity index (χ1v) is 4.85. The third kappa shape index (κ3) is 2.96. The van der Waals surface area contributed by atoms with Crippen LogP contribution in [-0.2, 0) is 0 Å². The minimum absolute atomic E-state index is 0.0729. The topological polar surface area (TPSA) is 58.0 Å². The SMILES string of the molecule is CC[C@@H](CO)Nc1cc(C)nc(C)n1. The molecule has 0 spiro atoms. The Morgan fingerprint density at radius 3 is 2.64 bits per heavy atom. The lowest BCUT2D eigenvalue weighted by atomic mass is 10.2. The zero-order chi connectivity index (χ0) is 10.6. The summed E-state index contributed by atoms with van der Waals surface area (Å²) < 4.78 is 0. The number of aromatic nitrogens is 2. The summed E-state index contributed by atoms with van der Waals surface area (Å²) >= 11 is 0. The molecule has 4 nitrogen and oxygen atoms in total. The summed E-state index contributed by atoms with van der Waals surface area (Å²) in [5.41, 5.74) is 0.938. The van der Waals surface area contributed by atoms with Crippen LogP contribution in [0, 0.1) is 13.8 Å². The smallest absolute Gasteiger partial charge is 0.130 e. The summed E-state index contributed by atoms with van der Waals surface area (Å²) in [5.74, 6) is 1.54. The monoisotopic (exact) mass is 195 g/mol. The summed E-state index contributed by atoms with van der Waals surface area (Å²) in [5, 5.41) is 12.2. The quantitative estimate of drug-likeness (QED) is 0.759. The van der Waals surface area contributed by atoms with E-state index in [-0.39, 0.29) is 12.6 Å². The Morgan fingerprint density at radius 2 is 2.14 bits per heavy atom. The lowest BCUT2D eigenvalue weighted by molar-refractivity contribution is 0.271. The second-order valence-corrected chi connectivity index (χ2v) is 3.37. The van der Waals surface area contributed by atoms with Gasteiger partial charge in [-0.1, -0.05) is 6.92 Å². The molecule has 1 rings (SSSR count). The molecule has 0 amide bonds. The van der Waals surface area contributed by atoms with Gasteiger partial charge in [-0.05, 0) is 20.3 Å². The Kier molecular flexibility index (Phi) is 3.83. The van der Waals surface area contributed by atoms with Crippen LogP contribution in [0.15, 0.2) is 6.07 Å². The van der Waals surface area contributed by atoms with Crippen molar-refractivity contribution in [1.29, 1.82) is 0 Å². The molecule has 1 aromatic heterocycles. The van der Waals surface area contributed by atoms with Crippen molar-refractivity contribution < 1.29 is 5.11 Å². The molecule has 1 heterocycles. The van der Waals surface area contributed by atoms with Crippen LogP contribution in [0.1, 0.15) is 24.9 Å². The molecule has 1 aromatic rings. The van der Waals surface area contributed by atoms with Crippen LogP contribution >= 0.6 is 0 Å². The molecule has 0 unspecified atom stereocenters. The molecular weight excluding hydrogens is 178 g/mol. The average molecular weight is 195 g/mol. The molecule has 0 aliphatic rings. The van der Waals surface area contributed by atoms with Crippen molar-refractivity contribution >= 4 is 5.82 Å². The van der Waals surface area contributed by atoms with E-state index >= 15 is 0 Å². The fourth-order valence-corrected chi connectivity index (χ4v) is 1.28. The van der Waals surface area contributed by atoms with E-state index < -0.39 is 0 Å². The normalized spacial score (nSPS) is 12.6. The summed E-state index contributed by atoms with van der Waals surface area (Å²) in [6, 6.07) is 1.95. The second-order valence-electron chi connectivity index (χ2n) is 3.37. The van der Waals surface area contributed by atoms with Gasteiger partial charge in [0.1, 0.15) is 11.6 Å². The summed E-state index contributed by atoms with van der Waals surface area (Å²) in [4.78, 5) is 8.42. The van der Waals surface area contributed by atoms with Crippen molar-refractivity contribution in [2.75, 3.05) is 11.9 Å². The number of aliphatic hydroxyl groups is 1. The first-order chi connectivity index (χ1) is 6.65. The van der Waals surface area contributed by atoms with Crippen LogP contribution in [0.2, 0.25) is 0 Å². The van der Waals surface area contributed by atoms with Crippen molar-refractivity contribution in [3.05, 3.63) is 17.6 Å². The highest BCUT2D eigenvalue weighted by molar-refractivity contribution is 5.36. The summed E-state index contributed by atoms with van der Waals surface area (Å²) in [6.45, 7) is 5.94. The predicted molar refractivity (Wildman–Crippen MR) is 56.3 cm³/mol. The van der Waals surface area contributed by atoms with Gasteiger partial charge in [-0.3, -0.25) is 0 Å². The van der Waals surface area contributed by atoms with Gasteiger partial charge < -0.3 is 10.4 Å². The number of hydrogen-bond donors (Lipinski definition) is 2. The Bertz CT molecular complexity index is 277. The molecule has 0 saturated heterocycles. The Hall–Kier alpha value is -1.16. The van der Waals surface area contributed by atoms with Gasteiger partial charge in [0.2, 0.25) is 0 Å². The highest BCUT2D eigenvalue weighted by atomic mass is 16.3. The number of rotatable bonds is 4. The van der Waals surface area contributed by atoms with Gasteiger partial charge in [-0.15, -0.1) is 0 Å². The number of aliphatic hydroxyl groups excluding tert-OH is 1. The zero-order valence-corrected chi connectivity index (χ0v) is 8.91. The largest absolute Gasteiger partial charge is 0.394 e. The standard InChI is InChI=1S/C10H17N3O/c1-4-9(6-14)13-10-5-7(2)11-8(3)12-10/h5,9,14H,4,6H2,1-3H3,(H,11,12,13)/t9-/m0/s1. The lowest BCUT2D eigenvalue weighted by Gasteiger charge is -2.14. The van der Waals surface area contributed by atoms with Gasteiger partial charge in [0.05, 0.1) is 12.6 Å². The minimum atomic E-state index is 0.0729. The van der Waals surface area contributed by atoms with Crippen molar-refractivity contribution in [1.82, 2.24) is 9.97 Å². The molecule has 0 aliphatic heterocycles. The van der Waals surface area contributed by atoms with E-state index in [1.165, 1.54) is 0 Å². The van der Waals surface area contributed by atoms with E-state index in [9.17, 15) is 0 Å². The molecule has 0 aromatic carbocycles. The zero-order valence-electron chi connectivity index (χ0n) is 8.91. The Labute approximate surface area is 84.4 Å². The van der Waals surface area contributed by atoms with E-state index in [4.69, 9.17) is 5.11 Å². The minimum Gasteiger partial charge on any atom is -0.394 e. The van der Waals surface area contributed by atoms with Crippen LogP contribution in [0.4, 0.5) is 5.82 Å². The fourth-order valence-electron chi connectivity index (χ4n) is 1.28. The molecule has 14 heavy (non-hydrogen) atoms. The second kappa shape index (κ2) is 4.91. The van der Waals surface area contributed by atoms with Crippen LogP contribution in [0.3, 0.4) is 0 Å². The number of nitrogens with zero attached hydrogens (tertiary/aromatic N) is 2. The van der Waals surface area contributed by atoms with Crippen molar-refractivity contribution in [2.24, 2.45) is 0 Å². The number of anilines is 1. The molecule has 1 atom stereocenters. The molecule has 0 aliphatic carbocycles. The van der Waals surface area contributed by atoms with Crippen molar-refractivity contribution in [3.8, 4) is 0 Å².